The normalized spacial score (nSPS) is 16.2. The van der Waals surface area contributed by atoms with E-state index >= 15 is 0 Å². The van der Waals surface area contributed by atoms with Crippen LogP contribution in [0.5, 0.6) is 5.75 Å². The predicted octanol–water partition coefficient (Wildman–Crippen LogP) is 1.34. The molecule has 262 valence electrons. The van der Waals surface area contributed by atoms with Gasteiger partial charge in [-0.15, -0.1) is 0 Å². The third-order valence-electron chi connectivity index (χ3n) is 8.89. The first-order valence-electron chi connectivity index (χ1n) is 15.8. The molecule has 2 aromatic carbocycles. The molecule has 2 aromatic heterocycles. The van der Waals surface area contributed by atoms with Crippen molar-refractivity contribution in [2.75, 3.05) is 45.7 Å². The average molecular weight is 681 g/mol. The lowest BCUT2D eigenvalue weighted by atomic mass is 9.94. The Kier molecular flexibility index (Phi) is 11.1. The molecule has 0 radical (unpaired) electrons. The fourth-order valence-electron chi connectivity index (χ4n) is 6.02. The fourth-order valence-corrected chi connectivity index (χ4v) is 6.02. The van der Waals surface area contributed by atoms with Crippen molar-refractivity contribution in [2.45, 2.75) is 44.2 Å². The molecule has 4 aromatic rings. The van der Waals surface area contributed by atoms with Crippen LogP contribution in [-0.4, -0.2) is 126 Å². The summed E-state index contributed by atoms with van der Waals surface area (Å²) < 4.78 is 21.2. The molecule has 49 heavy (non-hydrogen) atoms. The maximum atomic E-state index is 14.4. The van der Waals surface area contributed by atoms with Gasteiger partial charge in [-0.05, 0) is 61.7 Å². The number of methoxy groups -OCH3 is 1. The first-order valence-corrected chi connectivity index (χ1v) is 15.8. The fraction of sp³-hybridized carbons (Fsp3) is 0.412. The number of carbonyl (C=O) groups excluding carboxylic acids is 2. The van der Waals surface area contributed by atoms with E-state index in [0.29, 0.717) is 59.9 Å². The SMILES string of the molecule is COc1ccc(-c2cnc3c(Nc4ccc(C(=O)N5CCC(C(=O)N(C)CC(O)C(O)C(O)C(O)CO)CC5)c(C)c4)nccn23)cc1F. The van der Waals surface area contributed by atoms with E-state index in [2.05, 4.69) is 15.3 Å². The van der Waals surface area contributed by atoms with Gasteiger partial charge < -0.3 is 45.4 Å². The Balaban J connectivity index is 1.19. The number of likely N-dealkylation sites (tertiary alicyclic amines) is 1. The van der Waals surface area contributed by atoms with Crippen molar-refractivity contribution < 1.29 is 44.2 Å². The van der Waals surface area contributed by atoms with Gasteiger partial charge in [-0.25, -0.2) is 14.4 Å². The van der Waals surface area contributed by atoms with Crippen LogP contribution in [0.1, 0.15) is 28.8 Å². The van der Waals surface area contributed by atoms with Crippen molar-refractivity contribution in [1.29, 1.82) is 0 Å². The number of hydrogen-bond donors (Lipinski definition) is 6. The number of rotatable bonds is 12. The van der Waals surface area contributed by atoms with E-state index in [1.54, 1.807) is 52.2 Å². The number of ether oxygens (including phenoxy) is 1. The Morgan fingerprint density at radius 3 is 2.43 bits per heavy atom. The van der Waals surface area contributed by atoms with Crippen molar-refractivity contribution in [1.82, 2.24) is 24.2 Å². The molecule has 4 unspecified atom stereocenters. The van der Waals surface area contributed by atoms with Gasteiger partial charge in [0.25, 0.3) is 5.91 Å². The number of aromatic nitrogens is 3. The maximum Gasteiger partial charge on any atom is 0.254 e. The second kappa shape index (κ2) is 15.3. The van der Waals surface area contributed by atoms with Crippen LogP contribution in [0, 0.1) is 18.7 Å². The van der Waals surface area contributed by atoms with Gasteiger partial charge >= 0.3 is 0 Å². The Hall–Kier alpha value is -4.67. The van der Waals surface area contributed by atoms with E-state index in [4.69, 9.17) is 9.84 Å². The lowest BCUT2D eigenvalue weighted by molar-refractivity contribution is -0.142. The number of carbonyl (C=O) groups is 2. The second-order valence-electron chi connectivity index (χ2n) is 12.2. The van der Waals surface area contributed by atoms with Gasteiger partial charge in [0, 0.05) is 61.8 Å². The monoisotopic (exact) mass is 680 g/mol. The molecule has 4 atom stereocenters. The summed E-state index contributed by atoms with van der Waals surface area (Å²) in [4.78, 5) is 38.4. The molecule has 1 aliphatic heterocycles. The molecule has 1 aliphatic rings. The standard InChI is InChI=1S/C34H41FN6O8/c1-19-14-22(38-31-32-37-16-25(41(32)13-10-36-31)21-4-7-28(49-3)24(35)15-21)5-6-23(19)34(48)40-11-8-20(9-12-40)33(47)39(2)17-26(43)29(45)30(46)27(44)18-42/h4-7,10,13-16,20,26-27,29-30,42-46H,8-9,11-12,17-18H2,1-3H3,(H,36,38). The predicted molar refractivity (Wildman–Crippen MR) is 177 cm³/mol. The van der Waals surface area contributed by atoms with E-state index in [-0.39, 0.29) is 24.1 Å². The number of nitrogens with one attached hydrogen (secondary N) is 1. The number of imidazole rings is 1. The highest BCUT2D eigenvalue weighted by Crippen LogP contribution is 2.29. The number of nitrogens with zero attached hydrogens (tertiary/aromatic N) is 5. The van der Waals surface area contributed by atoms with Crippen LogP contribution < -0.4 is 10.1 Å². The van der Waals surface area contributed by atoms with Gasteiger partial charge in [-0.2, -0.15) is 0 Å². The summed E-state index contributed by atoms with van der Waals surface area (Å²) in [5.74, 6) is -0.703. The zero-order chi connectivity index (χ0) is 35.4. The summed E-state index contributed by atoms with van der Waals surface area (Å²) in [6.07, 6.45) is -0.923. The molecule has 1 fully saturated rings. The number of anilines is 2. The molecule has 14 nitrogen and oxygen atoms in total. The van der Waals surface area contributed by atoms with Crippen LogP contribution >= 0.6 is 0 Å². The van der Waals surface area contributed by atoms with Gasteiger partial charge in [0.15, 0.2) is 23.0 Å². The number of benzene rings is 2. The highest BCUT2D eigenvalue weighted by molar-refractivity contribution is 5.96. The van der Waals surface area contributed by atoms with Crippen molar-refractivity contribution in [3.8, 4) is 17.0 Å². The van der Waals surface area contributed by atoms with Crippen LogP contribution in [-0.2, 0) is 4.79 Å². The van der Waals surface area contributed by atoms with Gasteiger partial charge in [0.05, 0.1) is 25.6 Å². The zero-order valence-corrected chi connectivity index (χ0v) is 27.4. The minimum absolute atomic E-state index is 0.147. The van der Waals surface area contributed by atoms with Gasteiger partial charge in [0.2, 0.25) is 5.91 Å². The van der Waals surface area contributed by atoms with Crippen molar-refractivity contribution in [2.24, 2.45) is 5.92 Å². The van der Waals surface area contributed by atoms with Gasteiger partial charge in [-0.1, -0.05) is 0 Å². The molecule has 5 rings (SSSR count). The minimum Gasteiger partial charge on any atom is -0.494 e. The summed E-state index contributed by atoms with van der Waals surface area (Å²) in [5.41, 5.74) is 3.75. The van der Waals surface area contributed by atoms with Crippen LogP contribution in [0.3, 0.4) is 0 Å². The number of aryl methyl sites for hydroxylation is 1. The molecule has 0 saturated carbocycles. The lowest BCUT2D eigenvalue weighted by Gasteiger charge is -2.34. The highest BCUT2D eigenvalue weighted by atomic mass is 19.1. The number of likely N-dealkylation sites (N-methyl/N-ethyl adjacent to an activating group) is 1. The molecule has 0 bridgehead atoms. The third kappa shape index (κ3) is 7.66. The lowest BCUT2D eigenvalue weighted by Crippen LogP contribution is -2.51. The number of hydrogen-bond acceptors (Lipinski definition) is 11. The van der Waals surface area contributed by atoms with Crippen molar-refractivity contribution in [3.05, 3.63) is 71.9 Å². The smallest absolute Gasteiger partial charge is 0.254 e. The number of fused-ring (bicyclic) bond motifs is 1. The zero-order valence-electron chi connectivity index (χ0n) is 27.4. The number of halogens is 1. The van der Waals surface area contributed by atoms with Crippen LogP contribution in [0.25, 0.3) is 16.9 Å². The molecule has 6 N–H and O–H groups in total. The van der Waals surface area contributed by atoms with E-state index < -0.39 is 42.8 Å². The molecule has 1 saturated heterocycles. The largest absolute Gasteiger partial charge is 0.494 e. The van der Waals surface area contributed by atoms with Crippen molar-refractivity contribution in [3.63, 3.8) is 0 Å². The molecular formula is C34H41FN6O8. The summed E-state index contributed by atoms with van der Waals surface area (Å²) in [6.45, 7) is 1.45. The van der Waals surface area contributed by atoms with Gasteiger partial charge in [0.1, 0.15) is 24.4 Å². The van der Waals surface area contributed by atoms with E-state index in [1.807, 2.05) is 13.0 Å². The maximum absolute atomic E-state index is 14.4. The van der Waals surface area contributed by atoms with E-state index in [1.165, 1.54) is 25.1 Å². The highest BCUT2D eigenvalue weighted by Gasteiger charge is 2.34. The first kappa shape index (κ1) is 35.6. The Labute approximate surface area is 282 Å². The van der Waals surface area contributed by atoms with Crippen LogP contribution in [0.2, 0.25) is 0 Å². The van der Waals surface area contributed by atoms with Crippen molar-refractivity contribution >= 4 is 29.0 Å². The molecule has 3 heterocycles. The summed E-state index contributed by atoms with van der Waals surface area (Å²) in [6, 6.07) is 10.0. The number of aliphatic hydroxyl groups excluding tert-OH is 5. The summed E-state index contributed by atoms with van der Waals surface area (Å²) >= 11 is 0. The van der Waals surface area contributed by atoms with Crippen LogP contribution in [0.15, 0.2) is 55.0 Å². The molecule has 0 spiro atoms. The summed E-state index contributed by atoms with van der Waals surface area (Å²) in [7, 11) is 2.87. The number of aliphatic hydroxyl groups is 5. The quantitative estimate of drug-likeness (QED) is 0.127. The molecular weight excluding hydrogens is 639 g/mol. The average Bonchev–Trinajstić information content (AvgIpc) is 3.55. The van der Waals surface area contributed by atoms with E-state index in [0.717, 1.165) is 5.56 Å². The molecule has 2 amide bonds. The summed E-state index contributed by atoms with van der Waals surface area (Å²) in [5, 5.41) is 51.9. The van der Waals surface area contributed by atoms with Gasteiger partial charge in [-0.3, -0.25) is 14.0 Å². The third-order valence-corrected chi connectivity index (χ3v) is 8.89. The Morgan fingerprint density at radius 1 is 1.06 bits per heavy atom. The topological polar surface area (TPSA) is 193 Å². The Morgan fingerprint density at radius 2 is 1.78 bits per heavy atom. The number of piperidine rings is 1. The molecule has 0 aliphatic carbocycles. The number of amides is 2. The minimum atomic E-state index is -1.78. The van der Waals surface area contributed by atoms with E-state index in [9.17, 15) is 34.4 Å². The van der Waals surface area contributed by atoms with Crippen LogP contribution in [0.4, 0.5) is 15.9 Å². The second-order valence-corrected chi connectivity index (χ2v) is 12.2. The molecule has 15 heteroatoms. The Bertz CT molecular complexity index is 1800. The first-order chi connectivity index (χ1) is 23.4.